The Hall–Kier alpha value is -3.53. The minimum absolute atomic E-state index is 0.137. The molecule has 0 saturated carbocycles. The second-order valence-electron chi connectivity index (χ2n) is 10.7. The largest absolute Gasteiger partial charge is 0.391 e. The lowest BCUT2D eigenvalue weighted by Gasteiger charge is -2.35. The van der Waals surface area contributed by atoms with Crippen LogP contribution in [-0.2, 0) is 13.0 Å². The average Bonchev–Trinajstić information content (AvgIpc) is 3.26. The molecule has 1 atom stereocenters. The molecular formula is C34H46N4. The molecule has 1 N–H and O–H groups in total. The maximum Gasteiger partial charge on any atom is 0.110 e. The number of benzene rings is 1. The average molecular weight is 511 g/mol. The van der Waals surface area contributed by atoms with Crippen LogP contribution in [0.3, 0.4) is 0 Å². The summed E-state index contributed by atoms with van der Waals surface area (Å²) in [6.45, 7) is 22.3. The zero-order chi connectivity index (χ0) is 27.9. The lowest BCUT2D eigenvalue weighted by Crippen LogP contribution is -2.28. The molecule has 3 rings (SSSR count). The molecule has 2 aromatic rings. The van der Waals surface area contributed by atoms with Gasteiger partial charge in [0.05, 0.1) is 17.1 Å². The molecule has 0 saturated heterocycles. The molecule has 0 spiro atoms. The van der Waals surface area contributed by atoms with Gasteiger partial charge >= 0.3 is 0 Å². The van der Waals surface area contributed by atoms with Crippen molar-refractivity contribution in [3.63, 3.8) is 0 Å². The highest BCUT2D eigenvalue weighted by Gasteiger charge is 2.33. The number of unbranched alkanes of at least 4 members (excludes halogenated alkanes) is 1. The van der Waals surface area contributed by atoms with Crippen LogP contribution in [0.5, 0.6) is 0 Å². The highest BCUT2D eigenvalue weighted by atomic mass is 15.2. The summed E-state index contributed by atoms with van der Waals surface area (Å²) in [5.41, 5.74) is 7.67. The van der Waals surface area contributed by atoms with Gasteiger partial charge in [-0.05, 0) is 56.4 Å². The molecule has 1 unspecified atom stereocenters. The van der Waals surface area contributed by atoms with E-state index in [0.29, 0.717) is 6.04 Å². The van der Waals surface area contributed by atoms with Gasteiger partial charge in [-0.25, -0.2) is 4.98 Å². The summed E-state index contributed by atoms with van der Waals surface area (Å²) in [6.07, 6.45) is 16.5. The Kier molecular flexibility index (Phi) is 9.79. The number of hydrogen-bond donors (Lipinski definition) is 1. The summed E-state index contributed by atoms with van der Waals surface area (Å²) in [7, 11) is 4.06. The fraction of sp³-hybridized carbons (Fsp3) is 0.382. The first-order valence-electron chi connectivity index (χ1n) is 13.8. The summed E-state index contributed by atoms with van der Waals surface area (Å²) < 4.78 is 2.37. The SMILES string of the molecule is C=C/C=C\c1nc(CCCC)n(Cc2ccc(C3=CC=CCC3(C)C(=C)NC)cc2)c1C(=C)N(C)C(C)C. The van der Waals surface area contributed by atoms with Gasteiger partial charge in [0, 0.05) is 44.2 Å². The van der Waals surface area contributed by atoms with E-state index in [4.69, 9.17) is 4.98 Å². The summed E-state index contributed by atoms with van der Waals surface area (Å²) in [6, 6.07) is 9.33. The summed E-state index contributed by atoms with van der Waals surface area (Å²) >= 11 is 0. The Morgan fingerprint density at radius 3 is 2.55 bits per heavy atom. The molecule has 1 aliphatic carbocycles. The van der Waals surface area contributed by atoms with Gasteiger partial charge in [-0.1, -0.05) is 87.7 Å². The Balaban J connectivity index is 2.04. The molecule has 4 nitrogen and oxygen atoms in total. The van der Waals surface area contributed by atoms with Crippen LogP contribution in [0.2, 0.25) is 0 Å². The molecule has 1 aromatic carbocycles. The predicted octanol–water partition coefficient (Wildman–Crippen LogP) is 7.87. The quantitative estimate of drug-likeness (QED) is 0.278. The van der Waals surface area contributed by atoms with Crippen molar-refractivity contribution in [2.24, 2.45) is 5.41 Å². The van der Waals surface area contributed by atoms with Gasteiger partial charge in [0.15, 0.2) is 0 Å². The molecule has 1 aliphatic rings. The fourth-order valence-corrected chi connectivity index (χ4v) is 4.98. The molecule has 0 fully saturated rings. The van der Waals surface area contributed by atoms with Crippen molar-refractivity contribution in [2.75, 3.05) is 14.1 Å². The summed E-state index contributed by atoms with van der Waals surface area (Å²) in [4.78, 5) is 7.32. The van der Waals surface area contributed by atoms with E-state index in [-0.39, 0.29) is 5.41 Å². The smallest absolute Gasteiger partial charge is 0.110 e. The number of allylic oxidation sites excluding steroid dienone is 6. The van der Waals surface area contributed by atoms with E-state index in [1.54, 1.807) is 6.08 Å². The third kappa shape index (κ3) is 6.12. The molecule has 38 heavy (non-hydrogen) atoms. The maximum absolute atomic E-state index is 5.09. The van der Waals surface area contributed by atoms with Gasteiger partial charge in [-0.2, -0.15) is 0 Å². The third-order valence-corrected chi connectivity index (χ3v) is 7.78. The van der Waals surface area contributed by atoms with E-state index >= 15 is 0 Å². The molecule has 0 amide bonds. The lowest BCUT2D eigenvalue weighted by atomic mass is 9.71. The maximum atomic E-state index is 5.09. The Bertz CT molecular complexity index is 1240. The molecule has 0 aliphatic heterocycles. The lowest BCUT2D eigenvalue weighted by molar-refractivity contribution is 0.394. The number of rotatable bonds is 13. The summed E-state index contributed by atoms with van der Waals surface area (Å²) in [5.74, 6) is 1.10. The number of hydrogen-bond acceptors (Lipinski definition) is 3. The van der Waals surface area contributed by atoms with Crippen LogP contribution in [-0.4, -0.2) is 34.6 Å². The normalized spacial score (nSPS) is 17.1. The Morgan fingerprint density at radius 1 is 1.24 bits per heavy atom. The zero-order valence-corrected chi connectivity index (χ0v) is 24.3. The molecular weight excluding hydrogens is 464 g/mol. The van der Waals surface area contributed by atoms with Gasteiger partial charge < -0.3 is 14.8 Å². The van der Waals surface area contributed by atoms with Crippen molar-refractivity contribution in [3.05, 3.63) is 108 Å². The van der Waals surface area contributed by atoms with Gasteiger partial charge in [0.1, 0.15) is 5.82 Å². The number of aryl methyl sites for hydroxylation is 1. The number of nitrogens with one attached hydrogen (secondary N) is 1. The van der Waals surface area contributed by atoms with E-state index < -0.39 is 0 Å². The van der Waals surface area contributed by atoms with E-state index in [0.717, 1.165) is 60.8 Å². The second kappa shape index (κ2) is 12.8. The zero-order valence-electron chi connectivity index (χ0n) is 24.3. The van der Waals surface area contributed by atoms with Crippen LogP contribution in [0.4, 0.5) is 0 Å². The monoisotopic (exact) mass is 510 g/mol. The second-order valence-corrected chi connectivity index (χ2v) is 10.7. The summed E-state index contributed by atoms with van der Waals surface area (Å²) in [5, 5.41) is 3.29. The first-order valence-corrected chi connectivity index (χ1v) is 13.8. The number of imidazole rings is 1. The minimum Gasteiger partial charge on any atom is -0.391 e. The van der Waals surface area contributed by atoms with Crippen LogP contribution in [0, 0.1) is 5.41 Å². The van der Waals surface area contributed by atoms with Crippen molar-refractivity contribution in [1.82, 2.24) is 19.8 Å². The van der Waals surface area contributed by atoms with Gasteiger partial charge in [-0.15, -0.1) is 0 Å². The minimum atomic E-state index is -0.137. The van der Waals surface area contributed by atoms with Crippen molar-refractivity contribution >= 4 is 17.3 Å². The van der Waals surface area contributed by atoms with E-state index in [1.807, 2.05) is 13.1 Å². The number of nitrogens with zero attached hydrogens (tertiary/aromatic N) is 3. The van der Waals surface area contributed by atoms with Gasteiger partial charge in [0.2, 0.25) is 0 Å². The molecule has 0 radical (unpaired) electrons. The van der Waals surface area contributed by atoms with E-state index in [2.05, 4.69) is 118 Å². The fourth-order valence-electron chi connectivity index (χ4n) is 4.98. The van der Waals surface area contributed by atoms with Gasteiger partial charge in [0.25, 0.3) is 0 Å². The van der Waals surface area contributed by atoms with Crippen molar-refractivity contribution in [2.45, 2.75) is 66.0 Å². The van der Waals surface area contributed by atoms with Crippen LogP contribution in [0.1, 0.15) is 75.3 Å². The predicted molar refractivity (Wildman–Crippen MR) is 166 cm³/mol. The first kappa shape index (κ1) is 29.0. The standard InChI is InChI=1S/C34H46N4/c1-10-12-17-31-33(26(5)37(9)25(3)4)38(32(36-31)18-13-11-2)24-28-19-21-29(22-20-28)30-16-14-15-23-34(30,7)27(6)35-8/h10,12,14-17,19-22,25,35H,1,5-6,11,13,18,23-24H2,2-4,7-9H3/b17-12-. The van der Waals surface area contributed by atoms with Crippen molar-refractivity contribution < 1.29 is 0 Å². The highest BCUT2D eigenvalue weighted by molar-refractivity contribution is 5.75. The highest BCUT2D eigenvalue weighted by Crippen LogP contribution is 2.44. The van der Waals surface area contributed by atoms with Crippen molar-refractivity contribution in [3.8, 4) is 0 Å². The molecule has 0 bridgehead atoms. The van der Waals surface area contributed by atoms with Crippen LogP contribution < -0.4 is 5.32 Å². The van der Waals surface area contributed by atoms with Crippen molar-refractivity contribution in [1.29, 1.82) is 0 Å². The van der Waals surface area contributed by atoms with Crippen LogP contribution in [0.15, 0.2) is 80.1 Å². The topological polar surface area (TPSA) is 33.1 Å². The third-order valence-electron chi connectivity index (χ3n) is 7.78. The molecule has 4 heteroatoms. The molecule has 202 valence electrons. The van der Waals surface area contributed by atoms with Crippen LogP contribution in [0.25, 0.3) is 17.3 Å². The van der Waals surface area contributed by atoms with Gasteiger partial charge in [-0.3, -0.25) is 0 Å². The molecule has 1 heterocycles. The van der Waals surface area contributed by atoms with E-state index in [9.17, 15) is 0 Å². The van der Waals surface area contributed by atoms with E-state index in [1.165, 1.54) is 16.7 Å². The number of aromatic nitrogens is 2. The first-order chi connectivity index (χ1) is 18.2. The molecule has 1 aromatic heterocycles. The Labute approximate surface area is 230 Å². The Morgan fingerprint density at radius 2 is 1.95 bits per heavy atom. The van der Waals surface area contributed by atoms with Crippen LogP contribution >= 0.6 is 0 Å².